The van der Waals surface area contributed by atoms with Crippen LogP contribution in [-0.4, -0.2) is 61.9 Å². The molecule has 2 amide bonds. The lowest BCUT2D eigenvalue weighted by Gasteiger charge is -2.37. The molecule has 5 atom stereocenters. The Bertz CT molecular complexity index is 2740. The highest BCUT2D eigenvalue weighted by atomic mass is 35.5. The molecule has 18 heteroatoms. The van der Waals surface area contributed by atoms with Gasteiger partial charge in [-0.05, 0) is 71.3 Å². The summed E-state index contributed by atoms with van der Waals surface area (Å²) in [6.07, 6.45) is -1.38. The maximum Gasteiger partial charge on any atom is 0.410 e. The molecule has 5 aromatic carbocycles. The number of nitrogens with one attached hydrogen (secondary N) is 3. The first-order valence-electron chi connectivity index (χ1n) is 22.0. The van der Waals surface area contributed by atoms with Crippen LogP contribution >= 0.6 is 23.2 Å². The van der Waals surface area contributed by atoms with Gasteiger partial charge < -0.3 is 39.6 Å². The predicted octanol–water partition coefficient (Wildman–Crippen LogP) is 9.72. The Balaban J connectivity index is 1.14. The van der Waals surface area contributed by atoms with Crippen LogP contribution in [0.3, 0.4) is 0 Å². The molecule has 1 fully saturated rings. The summed E-state index contributed by atoms with van der Waals surface area (Å²) >= 11 is 12.4. The molecule has 0 spiro atoms. The number of nitriles is 1. The van der Waals surface area contributed by atoms with Crippen molar-refractivity contribution in [2.75, 3.05) is 19.2 Å². The number of esters is 3. The Hall–Kier alpha value is -7.06. The second-order valence-electron chi connectivity index (χ2n) is 17.5. The molecule has 366 valence electrons. The molecule has 14 nitrogen and oxygen atoms in total. The van der Waals surface area contributed by atoms with Crippen molar-refractivity contribution in [3.63, 3.8) is 0 Å². The van der Waals surface area contributed by atoms with Gasteiger partial charge in [-0.25, -0.2) is 23.2 Å². The molecule has 0 aromatic heterocycles. The first kappa shape index (κ1) is 52.3. The fraction of sp³-hybridized carbons (Fsp3) is 0.308. The number of rotatable bonds is 18. The molecule has 0 unspecified atom stereocenters. The average Bonchev–Trinajstić information content (AvgIpc) is 3.65. The van der Waals surface area contributed by atoms with E-state index in [1.165, 1.54) is 55.6 Å². The third kappa shape index (κ3) is 13.0. The maximum absolute atomic E-state index is 16.2. The smallest absolute Gasteiger partial charge is 0.410 e. The van der Waals surface area contributed by atoms with E-state index in [4.69, 9.17) is 46.9 Å². The first-order chi connectivity index (χ1) is 33.4. The van der Waals surface area contributed by atoms with E-state index in [-0.39, 0.29) is 70.6 Å². The number of amides is 2. The molecule has 1 aliphatic rings. The normalized spacial score (nSPS) is 17.8. The van der Waals surface area contributed by atoms with E-state index in [9.17, 15) is 29.2 Å². The van der Waals surface area contributed by atoms with Crippen LogP contribution in [0.4, 0.5) is 19.3 Å². The third-order valence-electron chi connectivity index (χ3n) is 11.5. The number of alkyl carbamates (subject to hydrolysis) is 1. The minimum atomic E-state index is -1.88. The van der Waals surface area contributed by atoms with Gasteiger partial charge in [-0.2, -0.15) is 5.26 Å². The van der Waals surface area contributed by atoms with Crippen LogP contribution in [0.1, 0.15) is 78.6 Å². The summed E-state index contributed by atoms with van der Waals surface area (Å²) in [6, 6.07) is 28.3. The van der Waals surface area contributed by atoms with Gasteiger partial charge in [0, 0.05) is 29.0 Å². The SMILES string of the molecule is COc1cc(C(=O)OCOC(=O)N[C@@H](CCC(=O)OCc2ccccc2)C(=O)OCc2ccccc2)ccc1NC(=O)[C@@H]1N[C@@H](CC(C)(C)C)[C@](C#N)(c2ccc(Cl)cc2F)[C@H]1c1cccc(Cl)c1F. The van der Waals surface area contributed by atoms with Crippen LogP contribution in [0.15, 0.2) is 115 Å². The Kier molecular flexibility index (Phi) is 17.6. The fourth-order valence-corrected chi connectivity index (χ4v) is 8.58. The quantitative estimate of drug-likeness (QED) is 0.0429. The van der Waals surface area contributed by atoms with Crippen LogP contribution in [0, 0.1) is 28.4 Å². The molecule has 0 saturated carbocycles. The minimum Gasteiger partial charge on any atom is -0.495 e. The summed E-state index contributed by atoms with van der Waals surface area (Å²) in [5.41, 5.74) is -1.16. The van der Waals surface area contributed by atoms with Crippen molar-refractivity contribution in [1.29, 1.82) is 5.26 Å². The molecule has 3 N–H and O–H groups in total. The number of hydrogen-bond donors (Lipinski definition) is 3. The zero-order valence-electron chi connectivity index (χ0n) is 38.6. The summed E-state index contributed by atoms with van der Waals surface area (Å²) in [5.74, 6) is -6.30. The van der Waals surface area contributed by atoms with Gasteiger partial charge in [0.2, 0.25) is 12.7 Å². The third-order valence-corrected chi connectivity index (χ3v) is 12.0. The van der Waals surface area contributed by atoms with Crippen LogP contribution in [0.25, 0.3) is 0 Å². The van der Waals surface area contributed by atoms with Crippen molar-refractivity contribution in [2.45, 2.75) is 82.7 Å². The molecule has 70 heavy (non-hydrogen) atoms. The lowest BCUT2D eigenvalue weighted by molar-refractivity contribution is -0.149. The van der Waals surface area contributed by atoms with Gasteiger partial charge in [-0.15, -0.1) is 0 Å². The number of anilines is 1. The van der Waals surface area contributed by atoms with Gasteiger partial charge >= 0.3 is 24.0 Å². The summed E-state index contributed by atoms with van der Waals surface area (Å²) in [7, 11) is 1.28. The minimum absolute atomic E-state index is 0.00953. The number of halogens is 4. The molecule has 1 heterocycles. The van der Waals surface area contributed by atoms with Gasteiger partial charge in [-0.1, -0.05) is 123 Å². The van der Waals surface area contributed by atoms with Gasteiger partial charge in [0.15, 0.2) is 0 Å². The Morgan fingerprint density at radius 2 is 1.50 bits per heavy atom. The monoisotopic (exact) mass is 998 g/mol. The lowest BCUT2D eigenvalue weighted by Crippen LogP contribution is -2.45. The highest BCUT2D eigenvalue weighted by Crippen LogP contribution is 2.53. The van der Waals surface area contributed by atoms with Crippen LogP contribution in [-0.2, 0) is 52.0 Å². The molecule has 0 bridgehead atoms. The van der Waals surface area contributed by atoms with Crippen LogP contribution in [0.5, 0.6) is 5.75 Å². The number of carbonyl (C=O) groups is 5. The lowest BCUT2D eigenvalue weighted by atomic mass is 9.62. The molecular weight excluding hydrogens is 949 g/mol. The van der Waals surface area contributed by atoms with E-state index < -0.39 is 83.2 Å². The summed E-state index contributed by atoms with van der Waals surface area (Å²) in [6.45, 7) is 4.73. The van der Waals surface area contributed by atoms with Crippen molar-refractivity contribution < 1.29 is 56.4 Å². The Morgan fingerprint density at radius 1 is 0.829 bits per heavy atom. The van der Waals surface area contributed by atoms with Gasteiger partial charge in [0.05, 0.1) is 35.5 Å². The van der Waals surface area contributed by atoms with Gasteiger partial charge in [-0.3, -0.25) is 9.59 Å². The van der Waals surface area contributed by atoms with Crippen molar-refractivity contribution in [2.24, 2.45) is 5.41 Å². The van der Waals surface area contributed by atoms with Crippen molar-refractivity contribution in [3.8, 4) is 11.8 Å². The van der Waals surface area contributed by atoms with Gasteiger partial charge in [0.1, 0.15) is 42.1 Å². The molecule has 0 aliphatic carbocycles. The van der Waals surface area contributed by atoms with E-state index in [2.05, 4.69) is 22.0 Å². The van der Waals surface area contributed by atoms with E-state index in [0.717, 1.165) is 11.6 Å². The number of hydrogen-bond acceptors (Lipinski definition) is 12. The van der Waals surface area contributed by atoms with E-state index in [1.54, 1.807) is 54.6 Å². The zero-order valence-corrected chi connectivity index (χ0v) is 40.1. The van der Waals surface area contributed by atoms with Crippen molar-refractivity contribution in [1.82, 2.24) is 10.6 Å². The number of nitrogens with zero attached hydrogens (tertiary/aromatic N) is 1. The highest BCUT2D eigenvalue weighted by molar-refractivity contribution is 6.31. The van der Waals surface area contributed by atoms with Crippen LogP contribution in [0.2, 0.25) is 10.0 Å². The van der Waals surface area contributed by atoms with Crippen molar-refractivity contribution in [3.05, 3.63) is 165 Å². The second-order valence-corrected chi connectivity index (χ2v) is 18.4. The summed E-state index contributed by atoms with van der Waals surface area (Å²) < 4.78 is 58.7. The highest BCUT2D eigenvalue weighted by Gasteiger charge is 2.61. The van der Waals surface area contributed by atoms with Crippen molar-refractivity contribution >= 4 is 58.8 Å². The van der Waals surface area contributed by atoms with E-state index in [1.807, 2.05) is 26.8 Å². The zero-order chi connectivity index (χ0) is 50.6. The van der Waals surface area contributed by atoms with Crippen LogP contribution < -0.4 is 20.7 Å². The maximum atomic E-state index is 16.2. The average molecular weight is 1000 g/mol. The molecule has 1 saturated heterocycles. The number of carbonyl (C=O) groups excluding carboxylic acids is 5. The Labute approximate surface area is 413 Å². The topological polar surface area (TPSA) is 191 Å². The number of benzene rings is 5. The first-order valence-corrected chi connectivity index (χ1v) is 22.8. The standard InChI is InChI=1S/C52H50Cl2F2N4O10/c1-51(2,3)26-42-52(29-57,36-20-19-34(53)25-38(36)55)44(35-16-11-17-37(54)45(35)56)46(60-42)47(62)58-39-21-18-33(24-41(39)66-4)48(63)69-30-70-50(65)59-40(49(64)68-28-32-14-9-6-10-15-32)22-23-43(61)67-27-31-12-7-5-8-13-31/h5-21,24-25,40,42,44,46,60H,22-23,26-28,30H2,1-4H3,(H,58,62)(H,59,65)/t40-,42-,44-,46+,52-/m0/s1. The molecule has 0 radical (unpaired) electrons. The Morgan fingerprint density at radius 3 is 2.13 bits per heavy atom. The number of methoxy groups -OCH3 is 1. The number of ether oxygens (including phenoxy) is 5. The molecule has 6 rings (SSSR count). The summed E-state index contributed by atoms with van der Waals surface area (Å²) in [4.78, 5) is 66.3. The molecular formula is C52H50Cl2F2N4O10. The van der Waals surface area contributed by atoms with E-state index >= 15 is 8.78 Å². The largest absolute Gasteiger partial charge is 0.495 e. The summed E-state index contributed by atoms with van der Waals surface area (Å²) in [5, 5.41) is 19.3. The molecule has 1 aliphatic heterocycles. The van der Waals surface area contributed by atoms with E-state index in [0.29, 0.717) is 5.56 Å². The second kappa shape index (κ2) is 23.5. The molecule has 5 aromatic rings. The fourth-order valence-electron chi connectivity index (χ4n) is 8.24. The van der Waals surface area contributed by atoms with Gasteiger partial charge in [0.25, 0.3) is 0 Å². The predicted molar refractivity (Wildman–Crippen MR) is 255 cm³/mol.